The number of likely N-dealkylation sites (N-methyl/N-ethyl adjacent to an activating group) is 1. The zero-order valence-corrected chi connectivity index (χ0v) is 13.5. The molecule has 3 nitrogen and oxygen atoms in total. The summed E-state index contributed by atoms with van der Waals surface area (Å²) in [4.78, 5) is 13.2. The molecule has 0 N–H and O–H groups in total. The Balaban J connectivity index is 1.99. The molecule has 0 heterocycles. The van der Waals surface area contributed by atoms with Gasteiger partial charge in [0.25, 0.3) is 0 Å². The monoisotopic (exact) mass is 297 g/mol. The molecule has 0 saturated carbocycles. The van der Waals surface area contributed by atoms with E-state index in [9.17, 15) is 4.79 Å². The molecule has 116 valence electrons. The SMILES string of the molecule is CC(=O)Cc1ccc(-c2ccc(OCCN(C)C)cc2)cc1. The molecule has 3 heteroatoms. The van der Waals surface area contributed by atoms with Gasteiger partial charge in [0.1, 0.15) is 18.1 Å². The second-order valence-corrected chi connectivity index (χ2v) is 5.75. The molecule has 0 amide bonds. The van der Waals surface area contributed by atoms with E-state index in [1.54, 1.807) is 6.92 Å². The highest BCUT2D eigenvalue weighted by molar-refractivity contribution is 5.78. The summed E-state index contributed by atoms with van der Waals surface area (Å²) in [6.07, 6.45) is 0.499. The lowest BCUT2D eigenvalue weighted by atomic mass is 10.0. The van der Waals surface area contributed by atoms with Crippen LogP contribution in [-0.2, 0) is 11.2 Å². The molecular weight excluding hydrogens is 274 g/mol. The Bertz CT molecular complexity index is 600. The standard InChI is InChI=1S/C19H23NO2/c1-15(21)14-16-4-6-17(7-5-16)18-8-10-19(11-9-18)22-13-12-20(2)3/h4-11H,12-14H2,1-3H3. The summed E-state index contributed by atoms with van der Waals surface area (Å²) in [5.41, 5.74) is 3.35. The molecule has 0 spiro atoms. The summed E-state index contributed by atoms with van der Waals surface area (Å²) >= 11 is 0. The first kappa shape index (κ1) is 16.2. The summed E-state index contributed by atoms with van der Waals surface area (Å²) < 4.78 is 5.69. The predicted molar refractivity (Wildman–Crippen MR) is 90.3 cm³/mol. The van der Waals surface area contributed by atoms with Gasteiger partial charge in [0.15, 0.2) is 0 Å². The average Bonchev–Trinajstić information content (AvgIpc) is 2.48. The number of Topliss-reactive ketones (excluding diaryl/α,β-unsaturated/α-hetero) is 1. The third kappa shape index (κ3) is 5.01. The number of benzene rings is 2. The molecule has 0 aliphatic carbocycles. The number of carbonyl (C=O) groups excluding carboxylic acids is 1. The number of carbonyl (C=O) groups is 1. The van der Waals surface area contributed by atoms with E-state index in [4.69, 9.17) is 4.74 Å². The first-order valence-corrected chi connectivity index (χ1v) is 7.51. The van der Waals surface area contributed by atoms with Crippen LogP contribution in [0.2, 0.25) is 0 Å². The Hall–Kier alpha value is -2.13. The molecule has 0 aliphatic heterocycles. The van der Waals surface area contributed by atoms with Crippen molar-refractivity contribution in [3.8, 4) is 16.9 Å². The van der Waals surface area contributed by atoms with Gasteiger partial charge in [-0.3, -0.25) is 4.79 Å². The van der Waals surface area contributed by atoms with Crippen LogP contribution < -0.4 is 4.74 Å². The van der Waals surface area contributed by atoms with Gasteiger partial charge in [-0.15, -0.1) is 0 Å². The number of hydrogen-bond donors (Lipinski definition) is 0. The Labute approximate surface area is 132 Å². The molecule has 2 rings (SSSR count). The number of rotatable bonds is 7. The van der Waals surface area contributed by atoms with Crippen LogP contribution in [-0.4, -0.2) is 37.9 Å². The Kier molecular flexibility index (Phi) is 5.73. The van der Waals surface area contributed by atoms with Gasteiger partial charge >= 0.3 is 0 Å². The van der Waals surface area contributed by atoms with Gasteiger partial charge in [-0.25, -0.2) is 0 Å². The maximum absolute atomic E-state index is 11.1. The normalized spacial score (nSPS) is 10.7. The maximum atomic E-state index is 11.1. The molecule has 2 aromatic carbocycles. The Morgan fingerprint density at radius 3 is 2.00 bits per heavy atom. The van der Waals surface area contributed by atoms with Crippen LogP contribution >= 0.6 is 0 Å². The summed E-state index contributed by atoms with van der Waals surface area (Å²) in [5.74, 6) is 1.07. The van der Waals surface area contributed by atoms with Crippen molar-refractivity contribution in [1.82, 2.24) is 4.90 Å². The smallest absolute Gasteiger partial charge is 0.134 e. The van der Waals surface area contributed by atoms with Crippen molar-refractivity contribution < 1.29 is 9.53 Å². The number of ether oxygens (including phenoxy) is 1. The number of hydrogen-bond acceptors (Lipinski definition) is 3. The highest BCUT2D eigenvalue weighted by Crippen LogP contribution is 2.23. The fourth-order valence-electron chi connectivity index (χ4n) is 2.19. The minimum absolute atomic E-state index is 0.187. The van der Waals surface area contributed by atoms with Crippen LogP contribution in [0.1, 0.15) is 12.5 Å². The lowest BCUT2D eigenvalue weighted by molar-refractivity contribution is -0.116. The third-order valence-corrected chi connectivity index (χ3v) is 3.40. The molecule has 22 heavy (non-hydrogen) atoms. The molecular formula is C19H23NO2. The maximum Gasteiger partial charge on any atom is 0.134 e. The van der Waals surface area contributed by atoms with Gasteiger partial charge in [-0.05, 0) is 49.8 Å². The van der Waals surface area contributed by atoms with E-state index >= 15 is 0 Å². The number of ketones is 1. The highest BCUT2D eigenvalue weighted by atomic mass is 16.5. The van der Waals surface area contributed by atoms with Crippen molar-refractivity contribution in [2.24, 2.45) is 0 Å². The van der Waals surface area contributed by atoms with E-state index in [1.807, 2.05) is 38.4 Å². The van der Waals surface area contributed by atoms with Gasteiger partial charge in [0.05, 0.1) is 0 Å². The highest BCUT2D eigenvalue weighted by Gasteiger charge is 2.01. The lowest BCUT2D eigenvalue weighted by Crippen LogP contribution is -2.19. The van der Waals surface area contributed by atoms with Crippen LogP contribution in [0, 0.1) is 0 Å². The first-order valence-electron chi connectivity index (χ1n) is 7.51. The molecule has 0 atom stereocenters. The molecule has 0 aliphatic rings. The van der Waals surface area contributed by atoms with Gasteiger partial charge < -0.3 is 9.64 Å². The second kappa shape index (κ2) is 7.76. The molecule has 0 radical (unpaired) electrons. The van der Waals surface area contributed by atoms with E-state index in [-0.39, 0.29) is 5.78 Å². The van der Waals surface area contributed by atoms with E-state index < -0.39 is 0 Å². The predicted octanol–water partition coefficient (Wildman–Crippen LogP) is 3.43. The topological polar surface area (TPSA) is 29.5 Å². The molecule has 0 unspecified atom stereocenters. The van der Waals surface area contributed by atoms with Crippen LogP contribution in [0.15, 0.2) is 48.5 Å². The Morgan fingerprint density at radius 1 is 0.955 bits per heavy atom. The summed E-state index contributed by atoms with van der Waals surface area (Å²) in [6, 6.07) is 16.2. The summed E-state index contributed by atoms with van der Waals surface area (Å²) in [5, 5.41) is 0. The van der Waals surface area contributed by atoms with Crippen LogP contribution in [0.3, 0.4) is 0 Å². The van der Waals surface area contributed by atoms with Gasteiger partial charge in [-0.1, -0.05) is 36.4 Å². The van der Waals surface area contributed by atoms with Crippen molar-refractivity contribution in [2.75, 3.05) is 27.2 Å². The first-order chi connectivity index (χ1) is 10.5. The van der Waals surface area contributed by atoms with Crippen molar-refractivity contribution >= 4 is 5.78 Å². The largest absolute Gasteiger partial charge is 0.492 e. The van der Waals surface area contributed by atoms with Gasteiger partial charge in [0.2, 0.25) is 0 Å². The third-order valence-electron chi connectivity index (χ3n) is 3.40. The molecule has 0 fully saturated rings. The fourth-order valence-corrected chi connectivity index (χ4v) is 2.19. The van der Waals surface area contributed by atoms with Crippen molar-refractivity contribution in [1.29, 1.82) is 0 Å². The lowest BCUT2D eigenvalue weighted by Gasteiger charge is -2.11. The minimum atomic E-state index is 0.187. The Morgan fingerprint density at radius 2 is 1.50 bits per heavy atom. The minimum Gasteiger partial charge on any atom is -0.492 e. The van der Waals surface area contributed by atoms with Crippen LogP contribution in [0.4, 0.5) is 0 Å². The number of nitrogens with zero attached hydrogens (tertiary/aromatic N) is 1. The van der Waals surface area contributed by atoms with E-state index in [1.165, 1.54) is 0 Å². The molecule has 0 aromatic heterocycles. The van der Waals surface area contributed by atoms with Gasteiger partial charge in [0, 0.05) is 13.0 Å². The van der Waals surface area contributed by atoms with Crippen LogP contribution in [0.25, 0.3) is 11.1 Å². The molecule has 0 saturated heterocycles. The summed E-state index contributed by atoms with van der Waals surface area (Å²) in [7, 11) is 4.06. The average molecular weight is 297 g/mol. The quantitative estimate of drug-likeness (QED) is 0.784. The zero-order chi connectivity index (χ0) is 15.9. The van der Waals surface area contributed by atoms with Gasteiger partial charge in [-0.2, -0.15) is 0 Å². The van der Waals surface area contributed by atoms with Crippen molar-refractivity contribution in [3.05, 3.63) is 54.1 Å². The second-order valence-electron chi connectivity index (χ2n) is 5.75. The fraction of sp³-hybridized carbons (Fsp3) is 0.316. The molecule has 0 bridgehead atoms. The zero-order valence-electron chi connectivity index (χ0n) is 13.5. The van der Waals surface area contributed by atoms with Crippen molar-refractivity contribution in [2.45, 2.75) is 13.3 Å². The van der Waals surface area contributed by atoms with Crippen molar-refractivity contribution in [3.63, 3.8) is 0 Å². The molecule has 2 aromatic rings. The summed E-state index contributed by atoms with van der Waals surface area (Å²) in [6.45, 7) is 3.20. The van der Waals surface area contributed by atoms with E-state index in [0.29, 0.717) is 13.0 Å². The van der Waals surface area contributed by atoms with Crippen LogP contribution in [0.5, 0.6) is 5.75 Å². The van der Waals surface area contributed by atoms with E-state index in [0.717, 1.165) is 29.0 Å². The van der Waals surface area contributed by atoms with E-state index in [2.05, 4.69) is 29.2 Å².